The Kier molecular flexibility index (Phi) is 11.7. The quantitative estimate of drug-likeness (QED) is 0.0762. The molecule has 9 nitrogen and oxygen atoms in total. The van der Waals surface area contributed by atoms with Crippen LogP contribution in [0.4, 0.5) is 5.13 Å². The van der Waals surface area contributed by atoms with Crippen LogP contribution in [-0.2, 0) is 30.3 Å². The van der Waals surface area contributed by atoms with Gasteiger partial charge in [-0.1, -0.05) is 72.0 Å². The Morgan fingerprint density at radius 2 is 1.42 bits per heavy atom. The van der Waals surface area contributed by atoms with Crippen molar-refractivity contribution in [2.24, 2.45) is 0 Å². The first kappa shape index (κ1) is 37.1. The van der Waals surface area contributed by atoms with Crippen molar-refractivity contribution in [2.45, 2.75) is 26.4 Å². The second kappa shape index (κ2) is 16.8. The highest BCUT2D eigenvalue weighted by molar-refractivity contribution is 7.95. The van der Waals surface area contributed by atoms with Crippen molar-refractivity contribution in [3.05, 3.63) is 144 Å². The minimum absolute atomic E-state index is 0.0448. The highest BCUT2D eigenvalue weighted by Gasteiger charge is 2.43. The highest BCUT2D eigenvalue weighted by Crippen LogP contribution is 2.52. The normalized spacial score (nSPS) is 11.8. The van der Waals surface area contributed by atoms with Crippen molar-refractivity contribution in [1.82, 2.24) is 4.98 Å². The SMILES string of the molecule is CC(=O)OCC(Cc1cc(C(=O)c2ccccc2[P+](C)(c2ccccc2)c2ccccc2)ccc1OCC(=O)Nc1nc2ccccc2s1)OC(C)=O. The Hall–Kier alpha value is -5.70. The van der Waals surface area contributed by atoms with Gasteiger partial charge in [-0.3, -0.25) is 24.5 Å². The zero-order chi connectivity index (χ0) is 37.4. The van der Waals surface area contributed by atoms with E-state index in [1.807, 2.05) is 84.9 Å². The number of fused-ring (bicyclic) bond motifs is 1. The van der Waals surface area contributed by atoms with Crippen molar-refractivity contribution in [1.29, 1.82) is 0 Å². The van der Waals surface area contributed by atoms with Gasteiger partial charge in [-0.15, -0.1) is 0 Å². The number of anilines is 1. The van der Waals surface area contributed by atoms with Crippen molar-refractivity contribution < 1.29 is 33.4 Å². The monoisotopic (exact) mass is 745 g/mol. The number of nitrogens with one attached hydrogen (secondary N) is 1. The van der Waals surface area contributed by atoms with E-state index in [4.69, 9.17) is 14.2 Å². The van der Waals surface area contributed by atoms with Crippen LogP contribution in [0.2, 0.25) is 0 Å². The van der Waals surface area contributed by atoms with Gasteiger partial charge >= 0.3 is 11.9 Å². The molecule has 1 heterocycles. The van der Waals surface area contributed by atoms with E-state index in [9.17, 15) is 19.2 Å². The molecule has 0 bridgehead atoms. The molecule has 1 aromatic heterocycles. The maximum atomic E-state index is 14.6. The van der Waals surface area contributed by atoms with E-state index in [0.717, 1.165) is 26.1 Å². The number of amides is 1. The van der Waals surface area contributed by atoms with Gasteiger partial charge in [0.15, 0.2) is 17.5 Å². The summed E-state index contributed by atoms with van der Waals surface area (Å²) in [4.78, 5) is 55.8. The molecule has 1 N–H and O–H groups in total. The number of benzene rings is 5. The van der Waals surface area contributed by atoms with Crippen molar-refractivity contribution in [3.8, 4) is 5.75 Å². The molecule has 1 amide bonds. The lowest BCUT2D eigenvalue weighted by atomic mass is 9.98. The Morgan fingerprint density at radius 1 is 0.774 bits per heavy atom. The van der Waals surface area contributed by atoms with Crippen molar-refractivity contribution >= 4 is 73.5 Å². The first-order valence-corrected chi connectivity index (χ1v) is 20.0. The molecule has 268 valence electrons. The number of aromatic nitrogens is 1. The zero-order valence-corrected chi connectivity index (χ0v) is 31.2. The minimum atomic E-state index is -2.28. The summed E-state index contributed by atoms with van der Waals surface area (Å²) in [6.45, 7) is 4.20. The van der Waals surface area contributed by atoms with Gasteiger partial charge in [0.25, 0.3) is 5.91 Å². The molecule has 0 spiro atoms. The van der Waals surface area contributed by atoms with Gasteiger partial charge in [0.2, 0.25) is 0 Å². The molecule has 0 radical (unpaired) electrons. The van der Waals surface area contributed by atoms with Gasteiger partial charge in [0.1, 0.15) is 41.6 Å². The lowest BCUT2D eigenvalue weighted by Gasteiger charge is -2.25. The third-order valence-electron chi connectivity index (χ3n) is 8.65. The van der Waals surface area contributed by atoms with Crippen LogP contribution >= 0.6 is 18.6 Å². The summed E-state index contributed by atoms with van der Waals surface area (Å²) in [7, 11) is -2.28. The van der Waals surface area contributed by atoms with Crippen LogP contribution in [0.15, 0.2) is 127 Å². The summed E-state index contributed by atoms with van der Waals surface area (Å²) < 4.78 is 17.7. The van der Waals surface area contributed by atoms with Crippen LogP contribution in [0.3, 0.4) is 0 Å². The van der Waals surface area contributed by atoms with E-state index in [1.165, 1.54) is 25.2 Å². The second-order valence-electron chi connectivity index (χ2n) is 12.4. The molecule has 0 saturated heterocycles. The predicted octanol–water partition coefficient (Wildman–Crippen LogP) is 6.51. The molecule has 53 heavy (non-hydrogen) atoms. The summed E-state index contributed by atoms with van der Waals surface area (Å²) in [6.07, 6.45) is -0.832. The van der Waals surface area contributed by atoms with E-state index < -0.39 is 31.2 Å². The first-order chi connectivity index (χ1) is 25.6. The van der Waals surface area contributed by atoms with Crippen LogP contribution in [0, 0.1) is 0 Å². The summed E-state index contributed by atoms with van der Waals surface area (Å²) in [5.41, 5.74) is 2.20. The number of para-hydroxylation sites is 1. The third kappa shape index (κ3) is 8.85. The van der Waals surface area contributed by atoms with E-state index in [0.29, 0.717) is 27.6 Å². The number of esters is 2. The molecule has 0 fully saturated rings. The molecular formula is C42H38N2O7PS+. The summed E-state index contributed by atoms with van der Waals surface area (Å²) in [6, 6.07) is 40.7. The van der Waals surface area contributed by atoms with E-state index >= 15 is 0 Å². The van der Waals surface area contributed by atoms with E-state index in [1.54, 1.807) is 18.2 Å². The number of ketones is 1. The van der Waals surface area contributed by atoms with Crippen molar-refractivity contribution in [3.63, 3.8) is 0 Å². The number of nitrogens with zero attached hydrogens (tertiary/aromatic N) is 1. The van der Waals surface area contributed by atoms with Crippen LogP contribution < -0.4 is 26.0 Å². The average Bonchev–Trinajstić information content (AvgIpc) is 3.58. The van der Waals surface area contributed by atoms with Gasteiger partial charge in [-0.25, -0.2) is 4.98 Å². The summed E-state index contributed by atoms with van der Waals surface area (Å²) in [5, 5.41) is 6.43. The molecule has 11 heteroatoms. The number of carbonyl (C=O) groups excluding carboxylic acids is 4. The van der Waals surface area contributed by atoms with Gasteiger partial charge in [0.05, 0.1) is 22.4 Å². The standard InChI is InChI=1S/C42H37N2O7PS/c1-28(45)49-26-32(51-29(2)46)25-31-24-30(22-23-37(31)50-27-40(47)44-42-43-36-19-11-13-21-39(36)53-42)41(48)35-18-10-12-20-38(35)52(3,33-14-6-4-7-15-33)34-16-8-5-9-17-34/h4-24,32H,25-27H2,1-3H3/p+1. The number of hydrogen-bond acceptors (Lipinski definition) is 9. The maximum absolute atomic E-state index is 14.6. The molecule has 0 aliphatic heterocycles. The molecular weight excluding hydrogens is 708 g/mol. The van der Waals surface area contributed by atoms with E-state index in [-0.39, 0.29) is 25.4 Å². The molecule has 6 aromatic rings. The number of rotatable bonds is 14. The van der Waals surface area contributed by atoms with Crippen LogP contribution in [0.25, 0.3) is 10.2 Å². The fraction of sp³-hybridized carbons (Fsp3) is 0.167. The van der Waals surface area contributed by atoms with Gasteiger partial charge in [-0.2, -0.15) is 0 Å². The maximum Gasteiger partial charge on any atom is 0.303 e. The smallest absolute Gasteiger partial charge is 0.303 e. The van der Waals surface area contributed by atoms with Crippen LogP contribution in [-0.4, -0.2) is 54.6 Å². The molecule has 5 aromatic carbocycles. The lowest BCUT2D eigenvalue weighted by Crippen LogP contribution is -2.33. The number of ether oxygens (including phenoxy) is 3. The highest BCUT2D eigenvalue weighted by atomic mass is 32.1. The van der Waals surface area contributed by atoms with Gasteiger partial charge < -0.3 is 14.2 Å². The Bertz CT molecular complexity index is 2190. The topological polar surface area (TPSA) is 121 Å². The van der Waals surface area contributed by atoms with Crippen molar-refractivity contribution in [2.75, 3.05) is 25.2 Å². The molecule has 6 rings (SSSR count). The number of thiazole rings is 1. The fourth-order valence-corrected chi connectivity index (χ4v) is 10.5. The molecule has 0 saturated carbocycles. The Labute approximate surface area is 312 Å². The average molecular weight is 746 g/mol. The second-order valence-corrected chi connectivity index (χ2v) is 17.0. The summed E-state index contributed by atoms with van der Waals surface area (Å²) in [5.74, 6) is -1.42. The van der Waals surface area contributed by atoms with Crippen LogP contribution in [0.1, 0.15) is 35.3 Å². The number of hydrogen-bond donors (Lipinski definition) is 1. The van der Waals surface area contributed by atoms with E-state index in [2.05, 4.69) is 41.2 Å². The first-order valence-electron chi connectivity index (χ1n) is 17.0. The minimum Gasteiger partial charge on any atom is -0.483 e. The third-order valence-corrected chi connectivity index (χ3v) is 13.6. The molecule has 1 atom stereocenters. The van der Waals surface area contributed by atoms with Crippen LogP contribution in [0.5, 0.6) is 5.75 Å². The number of carbonyl (C=O) groups is 4. The molecule has 0 aliphatic carbocycles. The largest absolute Gasteiger partial charge is 0.483 e. The summed E-state index contributed by atoms with van der Waals surface area (Å²) >= 11 is 1.35. The molecule has 0 aliphatic rings. The Morgan fingerprint density at radius 3 is 2.08 bits per heavy atom. The lowest BCUT2D eigenvalue weighted by molar-refractivity contribution is -0.156. The van der Waals surface area contributed by atoms with Gasteiger partial charge in [0, 0.05) is 25.8 Å². The fourth-order valence-electron chi connectivity index (χ4n) is 6.16. The predicted molar refractivity (Wildman–Crippen MR) is 211 cm³/mol. The Balaban J connectivity index is 1.34. The van der Waals surface area contributed by atoms with Gasteiger partial charge in [-0.05, 0) is 72.3 Å². The zero-order valence-electron chi connectivity index (χ0n) is 29.5. The molecule has 1 unspecified atom stereocenters.